The Balaban J connectivity index is 0.000000336. The molecule has 0 aromatic heterocycles. The third-order valence-electron chi connectivity index (χ3n) is 2.53. The van der Waals surface area contributed by atoms with Crippen LogP contribution in [0.3, 0.4) is 0 Å². The summed E-state index contributed by atoms with van der Waals surface area (Å²) in [5, 5.41) is 0. The fourth-order valence-electron chi connectivity index (χ4n) is 1.82. The van der Waals surface area contributed by atoms with E-state index in [0.29, 0.717) is 0 Å². The smallest absolute Gasteiger partial charge is 0.0601 e. The monoisotopic (exact) mass is 165 g/mol. The van der Waals surface area contributed by atoms with E-state index in [0.717, 1.165) is 18.4 Å². The normalized spacial score (nSPS) is 30.9. The number of fused-ring (bicyclic) bond motifs is 1. The first-order valence-corrected chi connectivity index (χ1v) is 5.02. The third kappa shape index (κ3) is 2.25. The molecule has 1 heterocycles. The molecule has 2 atom stereocenters. The van der Waals surface area contributed by atoms with Gasteiger partial charge in [0.15, 0.2) is 0 Å². The van der Waals surface area contributed by atoms with Crippen LogP contribution in [0, 0.1) is 23.7 Å². The average molecular weight is 165 g/mol. The van der Waals surface area contributed by atoms with Gasteiger partial charge in [0, 0.05) is 13.1 Å². The van der Waals surface area contributed by atoms with Crippen LogP contribution in [0.5, 0.6) is 0 Å². The van der Waals surface area contributed by atoms with Crippen molar-refractivity contribution in [2.75, 3.05) is 19.6 Å². The highest BCUT2D eigenvalue weighted by Crippen LogP contribution is 2.44. The number of hydrogen-bond acceptors (Lipinski definition) is 1. The topological polar surface area (TPSA) is 3.24 Å². The molecule has 1 saturated heterocycles. The molecule has 1 nitrogen and oxygen atoms in total. The Hall–Kier alpha value is -0.480. The van der Waals surface area contributed by atoms with Crippen molar-refractivity contribution in [1.29, 1.82) is 0 Å². The van der Waals surface area contributed by atoms with Gasteiger partial charge in [0.1, 0.15) is 0 Å². The maximum absolute atomic E-state index is 3.11. The van der Waals surface area contributed by atoms with Crippen LogP contribution >= 0.6 is 0 Å². The van der Waals surface area contributed by atoms with Gasteiger partial charge in [-0.05, 0) is 25.2 Å². The molecule has 1 heteroatoms. The lowest BCUT2D eigenvalue weighted by atomic mass is 10.4. The molecule has 2 unspecified atom stereocenters. The molecule has 0 amide bonds. The Morgan fingerprint density at radius 2 is 1.83 bits per heavy atom. The van der Waals surface area contributed by atoms with E-state index < -0.39 is 0 Å². The minimum absolute atomic E-state index is 1.00. The van der Waals surface area contributed by atoms with Gasteiger partial charge in [-0.1, -0.05) is 19.8 Å². The van der Waals surface area contributed by atoms with Gasteiger partial charge in [-0.25, -0.2) is 0 Å². The van der Waals surface area contributed by atoms with E-state index in [1.54, 1.807) is 0 Å². The van der Waals surface area contributed by atoms with E-state index in [9.17, 15) is 0 Å². The zero-order chi connectivity index (χ0) is 8.97. The van der Waals surface area contributed by atoms with Crippen molar-refractivity contribution in [3.63, 3.8) is 0 Å². The lowest BCUT2D eigenvalue weighted by Gasteiger charge is -2.12. The van der Waals surface area contributed by atoms with Crippen LogP contribution in [0.15, 0.2) is 0 Å². The van der Waals surface area contributed by atoms with Gasteiger partial charge < -0.3 is 0 Å². The van der Waals surface area contributed by atoms with Crippen molar-refractivity contribution in [3.8, 4) is 11.8 Å². The largest absolute Gasteiger partial charge is 0.292 e. The van der Waals surface area contributed by atoms with Crippen molar-refractivity contribution in [1.82, 2.24) is 4.90 Å². The summed E-state index contributed by atoms with van der Waals surface area (Å²) in [6, 6.07) is 0. The summed E-state index contributed by atoms with van der Waals surface area (Å²) >= 11 is 0. The van der Waals surface area contributed by atoms with Crippen LogP contribution in [-0.2, 0) is 0 Å². The van der Waals surface area contributed by atoms with Crippen LogP contribution < -0.4 is 0 Å². The van der Waals surface area contributed by atoms with E-state index in [4.69, 9.17) is 0 Å². The summed E-state index contributed by atoms with van der Waals surface area (Å²) in [5.41, 5.74) is 0. The summed E-state index contributed by atoms with van der Waals surface area (Å²) < 4.78 is 0. The summed E-state index contributed by atoms with van der Waals surface area (Å²) in [6.07, 6.45) is 1.50. The fraction of sp³-hybridized carbons (Fsp3) is 0.818. The van der Waals surface area contributed by atoms with Gasteiger partial charge in [0.05, 0.1) is 6.54 Å². The molecule has 0 radical (unpaired) electrons. The number of nitrogens with zero attached hydrogens (tertiary/aromatic N) is 1. The van der Waals surface area contributed by atoms with Crippen LogP contribution in [0.1, 0.15) is 27.2 Å². The Morgan fingerprint density at radius 1 is 1.25 bits per heavy atom. The van der Waals surface area contributed by atoms with E-state index in [1.165, 1.54) is 19.5 Å². The minimum Gasteiger partial charge on any atom is -0.292 e. The second kappa shape index (κ2) is 4.52. The Morgan fingerprint density at radius 3 is 2.33 bits per heavy atom. The third-order valence-corrected chi connectivity index (χ3v) is 2.53. The molecule has 12 heavy (non-hydrogen) atoms. The molecule has 68 valence electrons. The van der Waals surface area contributed by atoms with E-state index in [1.807, 2.05) is 20.8 Å². The average Bonchev–Trinajstić information content (AvgIpc) is 2.74. The minimum atomic E-state index is 1.00. The van der Waals surface area contributed by atoms with Gasteiger partial charge >= 0.3 is 0 Å². The zero-order valence-electron chi connectivity index (χ0n) is 8.43. The van der Waals surface area contributed by atoms with E-state index in [2.05, 4.69) is 16.7 Å². The summed E-state index contributed by atoms with van der Waals surface area (Å²) in [7, 11) is 0. The SMILES string of the molecule is CC.CC#CCN1CC2CC2C1. The molecule has 2 fully saturated rings. The lowest BCUT2D eigenvalue weighted by Crippen LogP contribution is -2.22. The maximum atomic E-state index is 3.11. The van der Waals surface area contributed by atoms with Crippen LogP contribution in [0.25, 0.3) is 0 Å². The van der Waals surface area contributed by atoms with Crippen molar-refractivity contribution in [2.24, 2.45) is 11.8 Å². The number of piperidine rings is 1. The highest BCUT2D eigenvalue weighted by molar-refractivity contribution is 5.03. The second-order valence-electron chi connectivity index (χ2n) is 3.38. The highest BCUT2D eigenvalue weighted by Gasteiger charge is 2.44. The van der Waals surface area contributed by atoms with Gasteiger partial charge in [-0.2, -0.15) is 0 Å². The molecule has 0 spiro atoms. The predicted molar refractivity (Wildman–Crippen MR) is 52.8 cm³/mol. The second-order valence-corrected chi connectivity index (χ2v) is 3.38. The predicted octanol–water partition coefficient (Wildman–Crippen LogP) is 1.99. The highest BCUT2D eigenvalue weighted by atomic mass is 15.2. The van der Waals surface area contributed by atoms with Gasteiger partial charge in [-0.15, -0.1) is 5.92 Å². The van der Waals surface area contributed by atoms with Crippen LogP contribution in [0.4, 0.5) is 0 Å². The molecule has 1 aliphatic carbocycles. The van der Waals surface area contributed by atoms with Crippen molar-refractivity contribution in [2.45, 2.75) is 27.2 Å². The molecule has 0 aromatic carbocycles. The standard InChI is InChI=1S/C9H13N.C2H6/c1-2-3-4-10-6-8-5-9(8)7-10;1-2/h8-9H,4-7H2,1H3;1-2H3. The fourth-order valence-corrected chi connectivity index (χ4v) is 1.82. The van der Waals surface area contributed by atoms with Crippen molar-refractivity contribution in [3.05, 3.63) is 0 Å². The van der Waals surface area contributed by atoms with Crippen LogP contribution in [-0.4, -0.2) is 24.5 Å². The Bertz CT molecular complexity index is 177. The van der Waals surface area contributed by atoms with E-state index >= 15 is 0 Å². The van der Waals surface area contributed by atoms with Crippen LogP contribution in [0.2, 0.25) is 0 Å². The van der Waals surface area contributed by atoms with Gasteiger partial charge in [0.2, 0.25) is 0 Å². The maximum Gasteiger partial charge on any atom is 0.0601 e. The molecule has 0 aromatic rings. The zero-order valence-corrected chi connectivity index (χ0v) is 8.43. The molecular formula is C11H19N. The molecular weight excluding hydrogens is 146 g/mol. The quantitative estimate of drug-likeness (QED) is 0.537. The lowest BCUT2D eigenvalue weighted by molar-refractivity contribution is 0.343. The molecule has 0 N–H and O–H groups in total. The summed E-state index contributed by atoms with van der Waals surface area (Å²) in [4.78, 5) is 2.47. The molecule has 2 rings (SSSR count). The first kappa shape index (κ1) is 9.61. The van der Waals surface area contributed by atoms with Gasteiger partial charge in [-0.3, -0.25) is 4.90 Å². The Labute approximate surface area is 76.1 Å². The first-order chi connectivity index (χ1) is 5.90. The van der Waals surface area contributed by atoms with Gasteiger partial charge in [0.25, 0.3) is 0 Å². The number of likely N-dealkylation sites (tertiary alicyclic amines) is 1. The number of hydrogen-bond donors (Lipinski definition) is 0. The summed E-state index contributed by atoms with van der Waals surface area (Å²) in [5.74, 6) is 8.15. The molecule has 2 aliphatic rings. The van der Waals surface area contributed by atoms with Crippen molar-refractivity contribution >= 4 is 0 Å². The summed E-state index contributed by atoms with van der Waals surface area (Å²) in [6.45, 7) is 9.55. The molecule has 1 saturated carbocycles. The van der Waals surface area contributed by atoms with Crippen molar-refractivity contribution < 1.29 is 0 Å². The van der Waals surface area contributed by atoms with E-state index in [-0.39, 0.29) is 0 Å². The molecule has 1 aliphatic heterocycles. The molecule has 0 bridgehead atoms. The Kier molecular flexibility index (Phi) is 3.62. The first-order valence-electron chi connectivity index (χ1n) is 5.02. The number of rotatable bonds is 1.